The van der Waals surface area contributed by atoms with Crippen molar-refractivity contribution in [1.82, 2.24) is 10.3 Å². The van der Waals surface area contributed by atoms with Crippen molar-refractivity contribution in [3.8, 4) is 0 Å². The molecule has 0 aliphatic rings. The first-order chi connectivity index (χ1) is 9.95. The van der Waals surface area contributed by atoms with Gasteiger partial charge in [-0.15, -0.1) is 0 Å². The number of nitrogens with one attached hydrogen (secondary N) is 2. The standard InChI is InChI=1S/C14H12Br2FN3S/c1-8-11(15)6-12(16)13(19-8)20-14(21)18-7-9-2-4-10(17)5-3-9/h2-6H,7H2,1H3,(H2,18,19,20,21). The molecule has 0 unspecified atom stereocenters. The van der Waals surface area contributed by atoms with Crippen LogP contribution in [0.1, 0.15) is 11.3 Å². The van der Waals surface area contributed by atoms with Crippen LogP contribution in [0.15, 0.2) is 39.3 Å². The number of anilines is 1. The smallest absolute Gasteiger partial charge is 0.172 e. The van der Waals surface area contributed by atoms with Gasteiger partial charge in [0.15, 0.2) is 5.11 Å². The van der Waals surface area contributed by atoms with Gasteiger partial charge in [0.25, 0.3) is 0 Å². The summed E-state index contributed by atoms with van der Waals surface area (Å²) in [6.07, 6.45) is 0. The van der Waals surface area contributed by atoms with Crippen LogP contribution < -0.4 is 10.6 Å². The molecule has 0 bridgehead atoms. The average molecular weight is 433 g/mol. The summed E-state index contributed by atoms with van der Waals surface area (Å²) >= 11 is 12.1. The van der Waals surface area contributed by atoms with Crippen LogP contribution in [0.4, 0.5) is 10.2 Å². The van der Waals surface area contributed by atoms with E-state index in [9.17, 15) is 4.39 Å². The number of aryl methyl sites for hydroxylation is 1. The third kappa shape index (κ3) is 4.72. The van der Waals surface area contributed by atoms with Gasteiger partial charge in [0.05, 0.1) is 10.2 Å². The molecule has 0 saturated heterocycles. The Hall–Kier alpha value is -1.05. The lowest BCUT2D eigenvalue weighted by atomic mass is 10.2. The van der Waals surface area contributed by atoms with E-state index >= 15 is 0 Å². The predicted molar refractivity (Wildman–Crippen MR) is 93.8 cm³/mol. The van der Waals surface area contributed by atoms with E-state index in [0.29, 0.717) is 17.5 Å². The van der Waals surface area contributed by atoms with Crippen LogP contribution >= 0.6 is 44.1 Å². The number of rotatable bonds is 3. The van der Waals surface area contributed by atoms with Crippen molar-refractivity contribution in [1.29, 1.82) is 0 Å². The van der Waals surface area contributed by atoms with E-state index in [4.69, 9.17) is 12.2 Å². The normalized spacial score (nSPS) is 10.3. The summed E-state index contributed by atoms with van der Waals surface area (Å²) in [6.45, 7) is 2.41. The molecule has 0 amide bonds. The average Bonchev–Trinajstić information content (AvgIpc) is 2.44. The maximum absolute atomic E-state index is 12.8. The third-order valence-corrected chi connectivity index (χ3v) is 4.36. The molecular formula is C14H12Br2FN3S. The van der Waals surface area contributed by atoms with E-state index in [-0.39, 0.29) is 5.82 Å². The van der Waals surface area contributed by atoms with Crippen LogP contribution in [0.25, 0.3) is 0 Å². The second-order valence-corrected chi connectivity index (χ2v) is 6.44. The number of hydrogen-bond donors (Lipinski definition) is 2. The number of nitrogens with zero attached hydrogens (tertiary/aromatic N) is 1. The molecule has 3 nitrogen and oxygen atoms in total. The molecule has 2 rings (SSSR count). The summed E-state index contributed by atoms with van der Waals surface area (Å²) < 4.78 is 14.5. The number of pyridine rings is 1. The van der Waals surface area contributed by atoms with Crippen LogP contribution in [0.3, 0.4) is 0 Å². The maximum Gasteiger partial charge on any atom is 0.172 e. The lowest BCUT2D eigenvalue weighted by Crippen LogP contribution is -2.28. The zero-order valence-electron chi connectivity index (χ0n) is 11.1. The summed E-state index contributed by atoms with van der Waals surface area (Å²) in [7, 11) is 0. The Labute approximate surface area is 144 Å². The summed E-state index contributed by atoms with van der Waals surface area (Å²) in [5.41, 5.74) is 1.81. The third-order valence-electron chi connectivity index (χ3n) is 2.70. The second kappa shape index (κ2) is 7.29. The Morgan fingerprint density at radius 3 is 2.57 bits per heavy atom. The molecule has 0 radical (unpaired) electrons. The van der Waals surface area contributed by atoms with Crippen molar-refractivity contribution in [2.24, 2.45) is 0 Å². The second-order valence-electron chi connectivity index (χ2n) is 4.32. The first-order valence-electron chi connectivity index (χ1n) is 6.07. The highest BCUT2D eigenvalue weighted by atomic mass is 79.9. The van der Waals surface area contributed by atoms with Crippen molar-refractivity contribution in [3.05, 3.63) is 56.4 Å². The molecule has 0 fully saturated rings. The van der Waals surface area contributed by atoms with E-state index < -0.39 is 0 Å². The van der Waals surface area contributed by atoms with Gasteiger partial charge in [-0.1, -0.05) is 12.1 Å². The van der Waals surface area contributed by atoms with Gasteiger partial charge < -0.3 is 10.6 Å². The Bertz CT molecular complexity index is 662. The van der Waals surface area contributed by atoms with Gasteiger partial charge in [0.1, 0.15) is 11.6 Å². The minimum atomic E-state index is -0.252. The molecule has 0 atom stereocenters. The highest BCUT2D eigenvalue weighted by Gasteiger charge is 2.07. The topological polar surface area (TPSA) is 37.0 Å². The van der Waals surface area contributed by atoms with Crippen molar-refractivity contribution in [3.63, 3.8) is 0 Å². The summed E-state index contributed by atoms with van der Waals surface area (Å²) in [5.74, 6) is 0.394. The molecule has 2 aromatic rings. The Kier molecular flexibility index (Phi) is 5.66. The van der Waals surface area contributed by atoms with E-state index in [0.717, 1.165) is 20.2 Å². The minimum absolute atomic E-state index is 0.252. The number of hydrogen-bond acceptors (Lipinski definition) is 2. The monoisotopic (exact) mass is 431 g/mol. The van der Waals surface area contributed by atoms with Gasteiger partial charge in [0.2, 0.25) is 0 Å². The lowest BCUT2D eigenvalue weighted by molar-refractivity contribution is 0.627. The Balaban J connectivity index is 1.96. The van der Waals surface area contributed by atoms with Crippen LogP contribution in [-0.2, 0) is 6.54 Å². The number of thiocarbonyl (C=S) groups is 1. The zero-order chi connectivity index (χ0) is 15.4. The molecule has 110 valence electrons. The number of aromatic nitrogens is 1. The summed E-state index contributed by atoms with van der Waals surface area (Å²) in [6, 6.07) is 8.17. The van der Waals surface area contributed by atoms with Crippen LogP contribution in [0.5, 0.6) is 0 Å². The molecular weight excluding hydrogens is 421 g/mol. The molecule has 7 heteroatoms. The van der Waals surface area contributed by atoms with Gasteiger partial charge >= 0.3 is 0 Å². The molecule has 2 N–H and O–H groups in total. The highest BCUT2D eigenvalue weighted by Crippen LogP contribution is 2.26. The highest BCUT2D eigenvalue weighted by molar-refractivity contribution is 9.11. The van der Waals surface area contributed by atoms with Crippen LogP contribution in [0.2, 0.25) is 0 Å². The summed E-state index contributed by atoms with van der Waals surface area (Å²) in [5, 5.41) is 6.53. The van der Waals surface area contributed by atoms with Gasteiger partial charge in [-0.25, -0.2) is 9.37 Å². The molecule has 1 aromatic carbocycles. The minimum Gasteiger partial charge on any atom is -0.358 e. The fraction of sp³-hybridized carbons (Fsp3) is 0.143. The van der Waals surface area contributed by atoms with Gasteiger partial charge in [0, 0.05) is 11.0 Å². The first-order valence-corrected chi connectivity index (χ1v) is 8.07. The lowest BCUT2D eigenvalue weighted by Gasteiger charge is -2.12. The molecule has 21 heavy (non-hydrogen) atoms. The zero-order valence-corrected chi connectivity index (χ0v) is 15.1. The van der Waals surface area contributed by atoms with Gasteiger partial charge in [-0.3, -0.25) is 0 Å². The summed E-state index contributed by atoms with van der Waals surface area (Å²) in [4.78, 5) is 4.40. The molecule has 1 aromatic heterocycles. The van der Waals surface area contributed by atoms with Crippen LogP contribution in [-0.4, -0.2) is 10.1 Å². The van der Waals surface area contributed by atoms with E-state index in [1.54, 1.807) is 12.1 Å². The Morgan fingerprint density at radius 1 is 1.24 bits per heavy atom. The van der Waals surface area contributed by atoms with Crippen LogP contribution in [0, 0.1) is 12.7 Å². The quantitative estimate of drug-likeness (QED) is 0.698. The molecule has 0 aliphatic heterocycles. The predicted octanol–water partition coefficient (Wildman–Crippen LogP) is 4.54. The van der Waals surface area contributed by atoms with Gasteiger partial charge in [-0.2, -0.15) is 0 Å². The maximum atomic E-state index is 12.8. The SMILES string of the molecule is Cc1nc(NC(=S)NCc2ccc(F)cc2)c(Br)cc1Br. The van der Waals surface area contributed by atoms with E-state index in [1.807, 2.05) is 13.0 Å². The molecule has 0 aliphatic carbocycles. The van der Waals surface area contributed by atoms with Crippen molar-refractivity contribution < 1.29 is 4.39 Å². The Morgan fingerprint density at radius 2 is 1.90 bits per heavy atom. The molecule has 0 saturated carbocycles. The largest absolute Gasteiger partial charge is 0.358 e. The fourth-order valence-corrected chi connectivity index (χ4v) is 2.79. The first kappa shape index (κ1) is 16.3. The molecule has 1 heterocycles. The van der Waals surface area contributed by atoms with E-state index in [2.05, 4.69) is 47.5 Å². The van der Waals surface area contributed by atoms with E-state index in [1.165, 1.54) is 12.1 Å². The van der Waals surface area contributed by atoms with Crippen molar-refractivity contribution >= 4 is 55.0 Å². The van der Waals surface area contributed by atoms with Crippen molar-refractivity contribution in [2.45, 2.75) is 13.5 Å². The van der Waals surface area contributed by atoms with Gasteiger partial charge in [-0.05, 0) is 74.8 Å². The van der Waals surface area contributed by atoms with Crippen molar-refractivity contribution in [2.75, 3.05) is 5.32 Å². The number of benzene rings is 1. The molecule has 0 spiro atoms. The number of halogens is 3. The fourth-order valence-electron chi connectivity index (χ4n) is 1.58.